The maximum Gasteiger partial charge on any atom is 0.147 e. The molecular weight excluding hydrogens is 200 g/mol. The third kappa shape index (κ3) is 2.01. The van der Waals surface area contributed by atoms with E-state index in [4.69, 9.17) is 5.73 Å². The summed E-state index contributed by atoms with van der Waals surface area (Å²) in [6, 6.07) is 0. The van der Waals surface area contributed by atoms with Crippen LogP contribution >= 0.6 is 0 Å². The Kier molecular flexibility index (Phi) is 2.82. The average Bonchev–Trinajstić information content (AvgIpc) is 2.82. The molecule has 1 heterocycles. The van der Waals surface area contributed by atoms with Crippen molar-refractivity contribution in [2.45, 2.75) is 33.1 Å². The zero-order valence-corrected chi connectivity index (χ0v) is 10.6. The van der Waals surface area contributed by atoms with Gasteiger partial charge in [0.1, 0.15) is 5.82 Å². The Labute approximate surface area is 97.2 Å². The van der Waals surface area contributed by atoms with E-state index >= 15 is 0 Å². The van der Waals surface area contributed by atoms with Crippen molar-refractivity contribution in [2.24, 2.45) is 18.9 Å². The van der Waals surface area contributed by atoms with Gasteiger partial charge < -0.3 is 11.1 Å². The summed E-state index contributed by atoms with van der Waals surface area (Å²) in [4.78, 5) is 0. The summed E-state index contributed by atoms with van der Waals surface area (Å²) in [6.07, 6.45) is 1.34. The molecule has 90 valence electrons. The van der Waals surface area contributed by atoms with Crippen LogP contribution in [0.3, 0.4) is 0 Å². The van der Waals surface area contributed by atoms with Crippen LogP contribution in [0.15, 0.2) is 0 Å². The molecule has 0 aromatic carbocycles. The van der Waals surface area contributed by atoms with Gasteiger partial charge in [-0.15, -0.1) is 0 Å². The van der Waals surface area contributed by atoms with Gasteiger partial charge in [0.15, 0.2) is 0 Å². The van der Waals surface area contributed by atoms with Gasteiger partial charge in [-0.25, -0.2) is 0 Å². The Balaban J connectivity index is 2.07. The molecule has 1 aliphatic carbocycles. The van der Waals surface area contributed by atoms with E-state index in [1.165, 1.54) is 6.42 Å². The number of hydrogen-bond donors (Lipinski definition) is 2. The van der Waals surface area contributed by atoms with Gasteiger partial charge in [0.05, 0.1) is 11.4 Å². The van der Waals surface area contributed by atoms with Crippen LogP contribution in [0.1, 0.15) is 38.8 Å². The van der Waals surface area contributed by atoms with Crippen molar-refractivity contribution in [3.8, 4) is 0 Å². The molecule has 4 heteroatoms. The highest BCUT2D eigenvalue weighted by Gasteiger charge is 2.32. The first-order valence-electron chi connectivity index (χ1n) is 6.07. The van der Waals surface area contributed by atoms with E-state index in [0.29, 0.717) is 5.92 Å². The molecule has 1 aromatic rings. The fraction of sp³-hybridized carbons (Fsp3) is 0.750. The lowest BCUT2D eigenvalue weighted by Crippen LogP contribution is -2.09. The van der Waals surface area contributed by atoms with E-state index < -0.39 is 0 Å². The number of nitrogens with two attached hydrogens (primary N) is 1. The molecule has 0 radical (unpaired) electrons. The highest BCUT2D eigenvalue weighted by molar-refractivity contribution is 5.65. The van der Waals surface area contributed by atoms with E-state index in [9.17, 15) is 0 Å². The highest BCUT2D eigenvalue weighted by atomic mass is 15.3. The maximum atomic E-state index is 6.10. The predicted molar refractivity (Wildman–Crippen MR) is 67.5 cm³/mol. The van der Waals surface area contributed by atoms with Crippen LogP contribution in [0.5, 0.6) is 0 Å². The smallest absolute Gasteiger partial charge is 0.147 e. The molecule has 4 nitrogen and oxygen atoms in total. The Bertz CT molecular complexity index is 381. The van der Waals surface area contributed by atoms with Gasteiger partial charge >= 0.3 is 0 Å². The summed E-state index contributed by atoms with van der Waals surface area (Å²) in [5, 5.41) is 7.88. The summed E-state index contributed by atoms with van der Waals surface area (Å²) in [6.45, 7) is 7.54. The van der Waals surface area contributed by atoms with Crippen molar-refractivity contribution in [1.82, 2.24) is 9.78 Å². The number of rotatable bonds is 4. The van der Waals surface area contributed by atoms with Gasteiger partial charge in [-0.3, -0.25) is 4.68 Å². The van der Waals surface area contributed by atoms with Gasteiger partial charge in [-0.1, -0.05) is 20.8 Å². The zero-order chi connectivity index (χ0) is 11.9. The molecule has 1 fully saturated rings. The predicted octanol–water partition coefficient (Wildman–Crippen LogP) is 2.19. The van der Waals surface area contributed by atoms with Crippen molar-refractivity contribution < 1.29 is 0 Å². The van der Waals surface area contributed by atoms with Crippen molar-refractivity contribution in [2.75, 3.05) is 17.6 Å². The third-order valence-electron chi connectivity index (χ3n) is 3.47. The number of nitrogens with one attached hydrogen (secondary N) is 1. The lowest BCUT2D eigenvalue weighted by Gasteiger charge is -2.07. The molecule has 1 aromatic heterocycles. The van der Waals surface area contributed by atoms with Gasteiger partial charge in [0.25, 0.3) is 0 Å². The summed E-state index contributed by atoms with van der Waals surface area (Å²) in [7, 11) is 1.95. The SMILES string of the molecule is CC(C)c1nn(C)c(NCC2CC2C)c1N. The highest BCUT2D eigenvalue weighted by Crippen LogP contribution is 2.38. The Hall–Kier alpha value is -1.19. The molecule has 0 aliphatic heterocycles. The fourth-order valence-corrected chi connectivity index (χ4v) is 2.11. The normalized spacial score (nSPS) is 23.8. The number of hydrogen-bond acceptors (Lipinski definition) is 3. The summed E-state index contributed by atoms with van der Waals surface area (Å²) in [5.74, 6) is 3.03. The number of anilines is 2. The second-order valence-corrected chi connectivity index (χ2v) is 5.28. The van der Waals surface area contributed by atoms with Crippen LogP contribution in [0.25, 0.3) is 0 Å². The lowest BCUT2D eigenvalue weighted by atomic mass is 10.1. The van der Waals surface area contributed by atoms with Crippen LogP contribution in [0.2, 0.25) is 0 Å². The topological polar surface area (TPSA) is 55.9 Å². The van der Waals surface area contributed by atoms with Crippen LogP contribution in [-0.4, -0.2) is 16.3 Å². The maximum absolute atomic E-state index is 6.10. The molecule has 2 rings (SSSR count). The standard InChI is InChI=1S/C12H22N4/c1-7(2)11-10(13)12(16(4)15-11)14-6-9-5-8(9)3/h7-9,14H,5-6,13H2,1-4H3. The third-order valence-corrected chi connectivity index (χ3v) is 3.47. The van der Waals surface area contributed by atoms with Crippen molar-refractivity contribution in [3.05, 3.63) is 5.69 Å². The molecular formula is C12H22N4. The number of nitrogens with zero attached hydrogens (tertiary/aromatic N) is 2. The first-order chi connectivity index (χ1) is 7.50. The van der Waals surface area contributed by atoms with E-state index in [-0.39, 0.29) is 0 Å². The molecule has 0 saturated heterocycles. The van der Waals surface area contributed by atoms with Crippen LogP contribution in [0.4, 0.5) is 11.5 Å². The Morgan fingerprint density at radius 3 is 2.62 bits per heavy atom. The van der Waals surface area contributed by atoms with Crippen LogP contribution < -0.4 is 11.1 Å². The van der Waals surface area contributed by atoms with Gasteiger partial charge in [-0.2, -0.15) is 5.10 Å². The van der Waals surface area contributed by atoms with Crippen molar-refractivity contribution >= 4 is 11.5 Å². The molecule has 0 spiro atoms. The molecule has 2 unspecified atom stereocenters. The molecule has 0 amide bonds. The monoisotopic (exact) mass is 222 g/mol. The minimum absolute atomic E-state index is 0.376. The molecule has 1 aliphatic rings. The second kappa shape index (κ2) is 4.00. The Morgan fingerprint density at radius 2 is 2.19 bits per heavy atom. The molecule has 2 atom stereocenters. The van der Waals surface area contributed by atoms with Gasteiger partial charge in [0.2, 0.25) is 0 Å². The number of aromatic nitrogens is 2. The van der Waals surface area contributed by atoms with Gasteiger partial charge in [-0.05, 0) is 24.2 Å². The Morgan fingerprint density at radius 1 is 1.56 bits per heavy atom. The molecule has 16 heavy (non-hydrogen) atoms. The van der Waals surface area contributed by atoms with Crippen LogP contribution in [-0.2, 0) is 7.05 Å². The molecule has 1 saturated carbocycles. The van der Waals surface area contributed by atoms with Gasteiger partial charge in [0, 0.05) is 13.6 Å². The summed E-state index contributed by atoms with van der Waals surface area (Å²) >= 11 is 0. The largest absolute Gasteiger partial charge is 0.394 e. The van der Waals surface area contributed by atoms with Crippen molar-refractivity contribution in [1.29, 1.82) is 0 Å². The quantitative estimate of drug-likeness (QED) is 0.821. The fourth-order valence-electron chi connectivity index (χ4n) is 2.11. The second-order valence-electron chi connectivity index (χ2n) is 5.28. The lowest BCUT2D eigenvalue weighted by molar-refractivity contribution is 0.708. The van der Waals surface area contributed by atoms with Crippen LogP contribution in [0, 0.1) is 11.8 Å². The minimum atomic E-state index is 0.376. The number of aryl methyl sites for hydroxylation is 1. The van der Waals surface area contributed by atoms with E-state index in [1.54, 1.807) is 0 Å². The number of nitrogen functional groups attached to an aromatic ring is 1. The molecule has 0 bridgehead atoms. The minimum Gasteiger partial charge on any atom is -0.394 e. The van der Waals surface area contributed by atoms with E-state index in [2.05, 4.69) is 31.2 Å². The van der Waals surface area contributed by atoms with E-state index in [0.717, 1.165) is 35.6 Å². The summed E-state index contributed by atoms with van der Waals surface area (Å²) in [5.41, 5.74) is 7.91. The first-order valence-corrected chi connectivity index (χ1v) is 6.07. The zero-order valence-electron chi connectivity index (χ0n) is 10.6. The average molecular weight is 222 g/mol. The first kappa shape index (κ1) is 11.3. The molecule has 3 N–H and O–H groups in total. The summed E-state index contributed by atoms with van der Waals surface area (Å²) < 4.78 is 1.86. The van der Waals surface area contributed by atoms with Crippen molar-refractivity contribution in [3.63, 3.8) is 0 Å². The van der Waals surface area contributed by atoms with E-state index in [1.807, 2.05) is 11.7 Å².